The SMILES string of the molecule is C#CCC1=C2C3=C(C=CC2C(=O)O1)O3. The zero-order valence-electron chi connectivity index (χ0n) is 7.24. The first-order chi connectivity index (χ1) is 6.81. The number of hydrogen-bond acceptors (Lipinski definition) is 3. The molecule has 1 aliphatic carbocycles. The highest BCUT2D eigenvalue weighted by molar-refractivity contribution is 5.86. The molecule has 3 nitrogen and oxygen atoms in total. The summed E-state index contributed by atoms with van der Waals surface area (Å²) >= 11 is 0. The molecule has 3 heteroatoms. The molecule has 1 atom stereocenters. The standard InChI is InChI=1S/C11H6O3/c1-2-3-7-9-6(11(12)14-7)4-5-8-10(9)13-8/h1,4-6H,3H2. The van der Waals surface area contributed by atoms with Gasteiger partial charge in [0.25, 0.3) is 0 Å². The molecule has 1 unspecified atom stereocenters. The van der Waals surface area contributed by atoms with Gasteiger partial charge in [-0.25, -0.2) is 0 Å². The van der Waals surface area contributed by atoms with E-state index in [9.17, 15) is 4.79 Å². The molecule has 0 fully saturated rings. The lowest BCUT2D eigenvalue weighted by Gasteiger charge is -2.00. The smallest absolute Gasteiger partial charge is 0.322 e. The molecule has 0 spiro atoms. The molecule has 3 rings (SSSR count). The van der Waals surface area contributed by atoms with E-state index in [1.54, 1.807) is 12.2 Å². The zero-order chi connectivity index (χ0) is 9.71. The number of carbonyl (C=O) groups is 1. The molecule has 0 saturated heterocycles. The van der Waals surface area contributed by atoms with Crippen LogP contribution in [0.4, 0.5) is 0 Å². The van der Waals surface area contributed by atoms with Crippen molar-refractivity contribution in [2.24, 2.45) is 5.92 Å². The molecule has 2 aliphatic heterocycles. The molecule has 0 aromatic carbocycles. The second-order valence-corrected chi connectivity index (χ2v) is 3.27. The minimum absolute atomic E-state index is 0.261. The third-order valence-corrected chi connectivity index (χ3v) is 2.43. The first kappa shape index (κ1) is 7.45. The molecule has 0 aromatic heterocycles. The third kappa shape index (κ3) is 0.801. The normalized spacial score (nSPS) is 26.5. The summed E-state index contributed by atoms with van der Waals surface area (Å²) < 4.78 is 10.3. The lowest BCUT2D eigenvalue weighted by atomic mass is 9.95. The first-order valence-electron chi connectivity index (χ1n) is 4.30. The molecule has 14 heavy (non-hydrogen) atoms. The Kier molecular flexibility index (Phi) is 1.22. The monoisotopic (exact) mass is 186 g/mol. The Morgan fingerprint density at radius 1 is 1.50 bits per heavy atom. The Morgan fingerprint density at radius 2 is 2.36 bits per heavy atom. The average Bonchev–Trinajstić information content (AvgIpc) is 2.88. The fourth-order valence-corrected chi connectivity index (χ4v) is 1.76. The molecular weight excluding hydrogens is 180 g/mol. The Labute approximate surface area is 80.7 Å². The summed E-state index contributed by atoms with van der Waals surface area (Å²) in [7, 11) is 0. The van der Waals surface area contributed by atoms with E-state index in [2.05, 4.69) is 5.92 Å². The van der Waals surface area contributed by atoms with Crippen molar-refractivity contribution in [2.75, 3.05) is 0 Å². The molecule has 2 heterocycles. The van der Waals surface area contributed by atoms with E-state index >= 15 is 0 Å². The van der Waals surface area contributed by atoms with Crippen LogP contribution >= 0.6 is 0 Å². The van der Waals surface area contributed by atoms with E-state index in [-0.39, 0.29) is 11.9 Å². The van der Waals surface area contributed by atoms with Gasteiger partial charge in [-0.2, -0.15) is 0 Å². The highest BCUT2D eigenvalue weighted by Gasteiger charge is 2.45. The Balaban J connectivity index is 2.08. The number of ether oxygens (including phenoxy) is 2. The van der Waals surface area contributed by atoms with E-state index in [1.165, 1.54) is 0 Å². The van der Waals surface area contributed by atoms with Gasteiger partial charge in [0.05, 0.1) is 12.0 Å². The van der Waals surface area contributed by atoms with Gasteiger partial charge >= 0.3 is 5.97 Å². The molecule has 3 aliphatic rings. The van der Waals surface area contributed by atoms with Crippen molar-refractivity contribution in [3.05, 3.63) is 35.0 Å². The number of fused-ring (bicyclic) bond motifs is 2. The second-order valence-electron chi connectivity index (χ2n) is 3.27. The zero-order valence-corrected chi connectivity index (χ0v) is 7.24. The molecule has 0 bridgehead atoms. The Hall–Kier alpha value is -1.95. The van der Waals surface area contributed by atoms with Crippen molar-refractivity contribution in [2.45, 2.75) is 6.42 Å². The van der Waals surface area contributed by atoms with Crippen LogP contribution < -0.4 is 0 Å². The van der Waals surface area contributed by atoms with Gasteiger partial charge in [0.15, 0.2) is 11.5 Å². The van der Waals surface area contributed by atoms with Crippen LogP contribution in [0.15, 0.2) is 35.0 Å². The van der Waals surface area contributed by atoms with Gasteiger partial charge in [0.1, 0.15) is 11.7 Å². The molecular formula is C11H6O3. The number of hydrogen-bond donors (Lipinski definition) is 0. The summed E-state index contributed by atoms with van der Waals surface area (Å²) in [5.74, 6) is 4.06. The van der Waals surface area contributed by atoms with Crippen molar-refractivity contribution >= 4 is 5.97 Å². The van der Waals surface area contributed by atoms with Gasteiger partial charge < -0.3 is 9.47 Å². The highest BCUT2D eigenvalue weighted by Crippen LogP contribution is 2.47. The number of esters is 1. The van der Waals surface area contributed by atoms with Crippen LogP contribution in [0.3, 0.4) is 0 Å². The van der Waals surface area contributed by atoms with Crippen LogP contribution in [0.2, 0.25) is 0 Å². The summed E-state index contributed by atoms with van der Waals surface area (Å²) in [6.07, 6.45) is 9.10. The number of terminal acetylenes is 1. The topological polar surface area (TPSA) is 38.8 Å². The van der Waals surface area contributed by atoms with Crippen molar-refractivity contribution in [1.82, 2.24) is 0 Å². The molecule has 0 N–H and O–H groups in total. The van der Waals surface area contributed by atoms with E-state index < -0.39 is 0 Å². The number of rotatable bonds is 1. The maximum Gasteiger partial charge on any atom is 0.322 e. The largest absolute Gasteiger partial charge is 0.449 e. The van der Waals surface area contributed by atoms with Crippen LogP contribution in [0, 0.1) is 18.3 Å². The first-order valence-corrected chi connectivity index (χ1v) is 4.30. The molecule has 0 aromatic rings. The van der Waals surface area contributed by atoms with Crippen LogP contribution in [0.25, 0.3) is 0 Å². The summed E-state index contributed by atoms with van der Waals surface area (Å²) in [6, 6.07) is 0. The number of allylic oxidation sites excluding steroid dienone is 3. The van der Waals surface area contributed by atoms with Crippen LogP contribution in [-0.4, -0.2) is 5.97 Å². The second kappa shape index (κ2) is 2.30. The Bertz CT molecular complexity index is 471. The van der Waals surface area contributed by atoms with Crippen LogP contribution in [-0.2, 0) is 14.3 Å². The van der Waals surface area contributed by atoms with Gasteiger partial charge in [-0.15, -0.1) is 6.42 Å². The van der Waals surface area contributed by atoms with Crippen LogP contribution in [0.1, 0.15) is 6.42 Å². The maximum absolute atomic E-state index is 11.4. The predicted octanol–water partition coefficient (Wildman–Crippen LogP) is 1.25. The summed E-state index contributed by atoms with van der Waals surface area (Å²) in [5, 5.41) is 0. The lowest BCUT2D eigenvalue weighted by molar-refractivity contribution is -0.138. The summed E-state index contributed by atoms with van der Waals surface area (Å²) in [6.45, 7) is 0. The highest BCUT2D eigenvalue weighted by atomic mass is 16.6. The van der Waals surface area contributed by atoms with Crippen molar-refractivity contribution in [3.8, 4) is 12.3 Å². The summed E-state index contributed by atoms with van der Waals surface area (Å²) in [4.78, 5) is 11.4. The third-order valence-electron chi connectivity index (χ3n) is 2.43. The molecule has 0 radical (unpaired) electrons. The van der Waals surface area contributed by atoms with E-state index in [4.69, 9.17) is 15.9 Å². The lowest BCUT2D eigenvalue weighted by Crippen LogP contribution is -2.09. The quantitative estimate of drug-likeness (QED) is 0.457. The minimum atomic E-state index is -0.306. The molecule has 0 saturated carbocycles. The van der Waals surface area contributed by atoms with Gasteiger partial charge in [-0.05, 0) is 6.08 Å². The van der Waals surface area contributed by atoms with Gasteiger partial charge in [0.2, 0.25) is 0 Å². The van der Waals surface area contributed by atoms with Crippen molar-refractivity contribution in [3.63, 3.8) is 0 Å². The van der Waals surface area contributed by atoms with E-state index in [1.807, 2.05) is 0 Å². The van der Waals surface area contributed by atoms with Crippen molar-refractivity contribution < 1.29 is 14.3 Å². The summed E-state index contributed by atoms with van der Waals surface area (Å²) in [5.41, 5.74) is 0.824. The average molecular weight is 186 g/mol. The van der Waals surface area contributed by atoms with Gasteiger partial charge in [0, 0.05) is 0 Å². The molecule has 68 valence electrons. The number of cyclic esters (lactones) is 1. The maximum atomic E-state index is 11.4. The predicted molar refractivity (Wildman–Crippen MR) is 47.3 cm³/mol. The van der Waals surface area contributed by atoms with Gasteiger partial charge in [-0.3, -0.25) is 4.79 Å². The van der Waals surface area contributed by atoms with Crippen molar-refractivity contribution in [1.29, 1.82) is 0 Å². The Morgan fingerprint density at radius 3 is 3.14 bits per heavy atom. The van der Waals surface area contributed by atoms with Crippen LogP contribution in [0.5, 0.6) is 0 Å². The number of carbonyl (C=O) groups excluding carboxylic acids is 1. The fraction of sp³-hybridized carbons (Fsp3) is 0.182. The molecule has 0 amide bonds. The minimum Gasteiger partial charge on any atom is -0.449 e. The van der Waals surface area contributed by atoms with E-state index in [0.29, 0.717) is 12.2 Å². The van der Waals surface area contributed by atoms with E-state index in [0.717, 1.165) is 17.1 Å². The van der Waals surface area contributed by atoms with Gasteiger partial charge in [-0.1, -0.05) is 12.0 Å². The fourth-order valence-electron chi connectivity index (χ4n) is 1.76.